The molecule has 5 nitrogen and oxygen atoms in total. The molecule has 2 fully saturated rings. The first-order valence-electron chi connectivity index (χ1n) is 11.0. The van der Waals surface area contributed by atoms with Crippen LogP contribution in [0, 0.1) is 11.6 Å². The summed E-state index contributed by atoms with van der Waals surface area (Å²) in [5.41, 5.74) is 1.96. The molecule has 0 radical (unpaired) electrons. The van der Waals surface area contributed by atoms with Crippen LogP contribution in [0.25, 0.3) is 11.0 Å². The minimum Gasteiger partial charge on any atom is -0.316 e. The fourth-order valence-corrected chi connectivity index (χ4v) is 7.30. The zero-order chi connectivity index (χ0) is 22.3. The van der Waals surface area contributed by atoms with Gasteiger partial charge in [0.2, 0.25) is 10.0 Å². The zero-order valence-corrected chi connectivity index (χ0v) is 19.3. The number of hydrogen-bond acceptors (Lipinski definition) is 4. The monoisotopic (exact) mass is 477 g/mol. The Labute approximate surface area is 190 Å². The number of thioether (sulfide) groups is 1. The van der Waals surface area contributed by atoms with Gasteiger partial charge in [0.25, 0.3) is 0 Å². The Hall–Kier alpha value is -1.97. The average molecular weight is 478 g/mol. The number of sulfonamides is 1. The lowest BCUT2D eigenvalue weighted by atomic mass is 10.2. The van der Waals surface area contributed by atoms with Crippen molar-refractivity contribution in [3.8, 4) is 0 Å². The topological polar surface area (TPSA) is 55.2 Å². The van der Waals surface area contributed by atoms with Gasteiger partial charge >= 0.3 is 0 Å². The van der Waals surface area contributed by atoms with E-state index in [9.17, 15) is 17.2 Å². The van der Waals surface area contributed by atoms with E-state index in [4.69, 9.17) is 4.98 Å². The lowest BCUT2D eigenvalue weighted by Gasteiger charge is -2.17. The molecular weight excluding hydrogens is 452 g/mol. The first-order chi connectivity index (χ1) is 15.4. The molecule has 2 heterocycles. The molecule has 1 saturated carbocycles. The predicted octanol–water partition coefficient (Wildman–Crippen LogP) is 5.51. The SMILES string of the molecule is O=S(=O)(c1ccc2c(c1)nc(SCc1ccc(F)cc1F)n2C1CCCC1)N1CCCC1. The highest BCUT2D eigenvalue weighted by atomic mass is 32.2. The third-order valence-corrected chi connectivity index (χ3v) is 9.29. The Morgan fingerprint density at radius 2 is 1.75 bits per heavy atom. The highest BCUT2D eigenvalue weighted by Gasteiger charge is 2.29. The smallest absolute Gasteiger partial charge is 0.243 e. The van der Waals surface area contributed by atoms with E-state index in [-0.39, 0.29) is 4.90 Å². The van der Waals surface area contributed by atoms with Crippen LogP contribution in [0.15, 0.2) is 46.5 Å². The maximum Gasteiger partial charge on any atom is 0.243 e. The molecule has 9 heteroatoms. The van der Waals surface area contributed by atoms with E-state index in [1.54, 1.807) is 12.1 Å². The van der Waals surface area contributed by atoms with E-state index in [0.717, 1.165) is 55.3 Å². The summed E-state index contributed by atoms with van der Waals surface area (Å²) in [5, 5.41) is 0.742. The summed E-state index contributed by atoms with van der Waals surface area (Å²) in [7, 11) is -3.53. The summed E-state index contributed by atoms with van der Waals surface area (Å²) in [5.74, 6) is -0.845. The van der Waals surface area contributed by atoms with Crippen molar-refractivity contribution < 1.29 is 17.2 Å². The van der Waals surface area contributed by atoms with Crippen LogP contribution in [-0.2, 0) is 15.8 Å². The molecule has 1 aliphatic heterocycles. The van der Waals surface area contributed by atoms with Crippen LogP contribution in [0.5, 0.6) is 0 Å². The highest BCUT2D eigenvalue weighted by Crippen LogP contribution is 2.38. The molecule has 0 spiro atoms. The Morgan fingerprint density at radius 1 is 1.00 bits per heavy atom. The molecule has 0 unspecified atom stereocenters. The van der Waals surface area contributed by atoms with E-state index < -0.39 is 21.7 Å². The minimum atomic E-state index is -3.53. The van der Waals surface area contributed by atoms with Crippen LogP contribution in [0.3, 0.4) is 0 Å². The average Bonchev–Trinajstić information content (AvgIpc) is 3.52. The number of imidazole rings is 1. The first kappa shape index (κ1) is 21.9. The van der Waals surface area contributed by atoms with E-state index in [1.807, 2.05) is 6.07 Å². The van der Waals surface area contributed by atoms with Crippen molar-refractivity contribution in [3.63, 3.8) is 0 Å². The second-order valence-corrected chi connectivity index (χ2v) is 11.4. The second-order valence-electron chi connectivity index (χ2n) is 8.49. The van der Waals surface area contributed by atoms with Gasteiger partial charge in [0, 0.05) is 31.0 Å². The van der Waals surface area contributed by atoms with Gasteiger partial charge < -0.3 is 4.57 Å². The van der Waals surface area contributed by atoms with Crippen molar-refractivity contribution in [2.45, 2.75) is 60.4 Å². The molecule has 2 aromatic carbocycles. The number of hydrogen-bond donors (Lipinski definition) is 0. The Bertz CT molecular complexity index is 1250. The molecule has 0 atom stereocenters. The summed E-state index contributed by atoms with van der Waals surface area (Å²) in [6.45, 7) is 1.11. The number of nitrogens with zero attached hydrogens (tertiary/aromatic N) is 3. The van der Waals surface area contributed by atoms with Gasteiger partial charge in [-0.05, 0) is 55.5 Å². The number of fused-ring (bicyclic) bond motifs is 1. The van der Waals surface area contributed by atoms with Crippen LogP contribution in [0.1, 0.15) is 50.1 Å². The van der Waals surface area contributed by atoms with Crippen LogP contribution >= 0.6 is 11.8 Å². The standard InChI is InChI=1S/C23H25F2N3O2S2/c24-17-8-7-16(20(25)13-17)15-31-23-26-21-14-19(32(29,30)27-11-3-4-12-27)9-10-22(21)28(23)18-5-1-2-6-18/h7-10,13-14,18H,1-6,11-12,15H2. The second kappa shape index (κ2) is 8.76. The van der Waals surface area contributed by atoms with E-state index >= 15 is 0 Å². The maximum absolute atomic E-state index is 14.1. The number of rotatable bonds is 6. The van der Waals surface area contributed by atoms with Gasteiger partial charge in [-0.3, -0.25) is 0 Å². The molecule has 0 N–H and O–H groups in total. The van der Waals surface area contributed by atoms with Crippen molar-refractivity contribution in [3.05, 3.63) is 53.6 Å². The Morgan fingerprint density at radius 3 is 2.47 bits per heavy atom. The maximum atomic E-state index is 14.1. The van der Waals surface area contributed by atoms with Gasteiger partial charge in [0.15, 0.2) is 5.16 Å². The van der Waals surface area contributed by atoms with Crippen LogP contribution in [0.4, 0.5) is 8.78 Å². The molecule has 32 heavy (non-hydrogen) atoms. The molecule has 1 aliphatic carbocycles. The van der Waals surface area contributed by atoms with Gasteiger partial charge in [0.1, 0.15) is 11.6 Å². The molecule has 1 aromatic heterocycles. The van der Waals surface area contributed by atoms with Crippen molar-refractivity contribution in [2.24, 2.45) is 0 Å². The summed E-state index contributed by atoms with van der Waals surface area (Å²) >= 11 is 1.40. The Kier molecular flexibility index (Phi) is 5.98. The minimum absolute atomic E-state index is 0.268. The third kappa shape index (κ3) is 4.06. The van der Waals surface area contributed by atoms with Crippen molar-refractivity contribution in [1.29, 1.82) is 0 Å². The zero-order valence-electron chi connectivity index (χ0n) is 17.6. The molecule has 0 amide bonds. The van der Waals surface area contributed by atoms with E-state index in [1.165, 1.54) is 28.2 Å². The van der Waals surface area contributed by atoms with Gasteiger partial charge in [-0.15, -0.1) is 0 Å². The molecule has 5 rings (SSSR count). The van der Waals surface area contributed by atoms with E-state index in [0.29, 0.717) is 36.0 Å². The van der Waals surface area contributed by atoms with Crippen LogP contribution in [0.2, 0.25) is 0 Å². The normalized spacial score (nSPS) is 18.2. The Balaban J connectivity index is 1.51. The largest absolute Gasteiger partial charge is 0.316 e. The number of aromatic nitrogens is 2. The van der Waals surface area contributed by atoms with Crippen molar-refractivity contribution in [2.75, 3.05) is 13.1 Å². The fourth-order valence-electron chi connectivity index (χ4n) is 4.69. The van der Waals surface area contributed by atoms with Gasteiger partial charge in [-0.25, -0.2) is 22.2 Å². The third-order valence-electron chi connectivity index (χ3n) is 6.39. The molecular formula is C23H25F2N3O2S2. The summed E-state index contributed by atoms with van der Waals surface area (Å²) in [4.78, 5) is 5.03. The van der Waals surface area contributed by atoms with Gasteiger partial charge in [-0.2, -0.15) is 4.31 Å². The quantitative estimate of drug-likeness (QED) is 0.440. The fraction of sp³-hybridized carbons (Fsp3) is 0.435. The summed E-state index contributed by atoms with van der Waals surface area (Å²) in [6.07, 6.45) is 6.14. The molecule has 2 aliphatic rings. The molecule has 170 valence electrons. The van der Waals surface area contributed by atoms with Crippen LogP contribution in [-0.4, -0.2) is 35.4 Å². The molecule has 3 aromatic rings. The van der Waals surface area contributed by atoms with Crippen LogP contribution < -0.4 is 0 Å². The van der Waals surface area contributed by atoms with Gasteiger partial charge in [0.05, 0.1) is 15.9 Å². The van der Waals surface area contributed by atoms with E-state index in [2.05, 4.69) is 4.57 Å². The summed E-state index contributed by atoms with van der Waals surface area (Å²) in [6, 6.07) is 9.10. The lowest BCUT2D eigenvalue weighted by Crippen LogP contribution is -2.27. The first-order valence-corrected chi connectivity index (χ1v) is 13.4. The van der Waals surface area contributed by atoms with Crippen molar-refractivity contribution >= 4 is 32.8 Å². The van der Waals surface area contributed by atoms with Crippen molar-refractivity contribution in [1.82, 2.24) is 13.9 Å². The molecule has 1 saturated heterocycles. The number of halogens is 2. The van der Waals surface area contributed by atoms with Gasteiger partial charge in [-0.1, -0.05) is 30.7 Å². The predicted molar refractivity (Wildman–Crippen MR) is 121 cm³/mol. The molecule has 0 bridgehead atoms. The summed E-state index contributed by atoms with van der Waals surface area (Å²) < 4.78 is 57.1. The lowest BCUT2D eigenvalue weighted by molar-refractivity contribution is 0.477. The highest BCUT2D eigenvalue weighted by molar-refractivity contribution is 7.98. The number of benzene rings is 2.